The highest BCUT2D eigenvalue weighted by atomic mass is 32.2. The summed E-state index contributed by atoms with van der Waals surface area (Å²) in [6.07, 6.45) is 4.29. The van der Waals surface area contributed by atoms with Crippen LogP contribution in [0.4, 0.5) is 0 Å². The number of unbranched alkanes of at least 4 members (excludes halogenated alkanes) is 1. The normalized spacial score (nSPS) is 17.9. The molecule has 1 saturated heterocycles. The zero-order valence-electron chi connectivity index (χ0n) is 19.5. The molecule has 12 nitrogen and oxygen atoms in total. The molecule has 194 valence electrons. The van der Waals surface area contributed by atoms with Gasteiger partial charge in [-0.25, -0.2) is 4.79 Å². The molecular formula is C21H37N5O7S. The number of carboxylic acids is 2. The average Bonchev–Trinajstić information content (AvgIpc) is 3.33. The number of hydrogen-bond acceptors (Lipinski definition) is 8. The molecule has 1 heterocycles. The fraction of sp³-hybridized carbons (Fsp3) is 0.762. The molecule has 1 aliphatic rings. The lowest BCUT2D eigenvalue weighted by atomic mass is 10.0. The minimum Gasteiger partial charge on any atom is -0.481 e. The van der Waals surface area contributed by atoms with Crippen molar-refractivity contribution in [1.82, 2.24) is 21.3 Å². The molecule has 0 radical (unpaired) electrons. The molecule has 0 saturated carbocycles. The van der Waals surface area contributed by atoms with Crippen molar-refractivity contribution in [2.24, 2.45) is 5.73 Å². The molecule has 13 heteroatoms. The first-order valence-electron chi connectivity index (χ1n) is 11.5. The summed E-state index contributed by atoms with van der Waals surface area (Å²) in [6.45, 7) is 1.06. The molecule has 3 amide bonds. The zero-order chi connectivity index (χ0) is 25.5. The molecule has 8 N–H and O–H groups in total. The minimum atomic E-state index is -1.18. The number of amides is 3. The lowest BCUT2D eigenvalue weighted by Crippen LogP contribution is -2.57. The van der Waals surface area contributed by atoms with Gasteiger partial charge in [-0.1, -0.05) is 0 Å². The summed E-state index contributed by atoms with van der Waals surface area (Å²) >= 11 is 1.45. The van der Waals surface area contributed by atoms with Crippen molar-refractivity contribution in [3.8, 4) is 0 Å². The molecule has 0 bridgehead atoms. The van der Waals surface area contributed by atoms with Crippen LogP contribution in [0.15, 0.2) is 0 Å². The number of nitrogens with two attached hydrogens (primary N) is 1. The number of hydrogen-bond donors (Lipinski definition) is 7. The van der Waals surface area contributed by atoms with E-state index in [2.05, 4.69) is 21.3 Å². The Morgan fingerprint density at radius 3 is 2.15 bits per heavy atom. The van der Waals surface area contributed by atoms with E-state index in [1.807, 2.05) is 6.26 Å². The zero-order valence-corrected chi connectivity index (χ0v) is 20.3. The Morgan fingerprint density at radius 1 is 0.971 bits per heavy atom. The summed E-state index contributed by atoms with van der Waals surface area (Å²) in [5, 5.41) is 29.1. The van der Waals surface area contributed by atoms with Gasteiger partial charge >= 0.3 is 11.9 Å². The van der Waals surface area contributed by atoms with E-state index in [1.54, 1.807) is 0 Å². The van der Waals surface area contributed by atoms with Crippen LogP contribution in [0.3, 0.4) is 0 Å². The molecule has 1 aliphatic heterocycles. The predicted octanol–water partition coefficient (Wildman–Crippen LogP) is -0.976. The van der Waals surface area contributed by atoms with Gasteiger partial charge in [-0.05, 0) is 70.0 Å². The molecule has 4 unspecified atom stereocenters. The van der Waals surface area contributed by atoms with Crippen molar-refractivity contribution in [3.63, 3.8) is 0 Å². The highest BCUT2D eigenvalue weighted by Gasteiger charge is 2.31. The molecular weight excluding hydrogens is 466 g/mol. The summed E-state index contributed by atoms with van der Waals surface area (Å²) in [4.78, 5) is 60.9. The van der Waals surface area contributed by atoms with Crippen molar-refractivity contribution in [2.75, 3.05) is 25.1 Å². The number of carbonyl (C=O) groups excluding carboxylic acids is 3. The largest absolute Gasteiger partial charge is 0.481 e. The van der Waals surface area contributed by atoms with Gasteiger partial charge in [0.25, 0.3) is 0 Å². The van der Waals surface area contributed by atoms with Gasteiger partial charge in [0.15, 0.2) is 0 Å². The fourth-order valence-electron chi connectivity index (χ4n) is 3.52. The topological polar surface area (TPSA) is 200 Å². The van der Waals surface area contributed by atoms with Crippen molar-refractivity contribution < 1.29 is 34.2 Å². The Hall–Kier alpha value is -2.38. The van der Waals surface area contributed by atoms with E-state index in [0.29, 0.717) is 38.1 Å². The summed E-state index contributed by atoms with van der Waals surface area (Å²) in [7, 11) is 0. The number of thioether (sulfide) groups is 1. The average molecular weight is 504 g/mol. The molecule has 34 heavy (non-hydrogen) atoms. The van der Waals surface area contributed by atoms with Gasteiger partial charge < -0.3 is 37.2 Å². The minimum absolute atomic E-state index is 0.151. The number of rotatable bonds is 17. The van der Waals surface area contributed by atoms with Gasteiger partial charge in [0.1, 0.15) is 18.1 Å². The number of aliphatic carboxylic acids is 2. The smallest absolute Gasteiger partial charge is 0.326 e. The Kier molecular flexibility index (Phi) is 14.2. The Bertz CT molecular complexity index is 703. The number of nitrogens with one attached hydrogen (secondary N) is 4. The van der Waals surface area contributed by atoms with Gasteiger partial charge in [0.2, 0.25) is 17.7 Å². The van der Waals surface area contributed by atoms with E-state index in [0.717, 1.165) is 6.42 Å². The number of carboxylic acid groups (broad SMARTS) is 2. The van der Waals surface area contributed by atoms with Crippen molar-refractivity contribution in [2.45, 2.75) is 75.5 Å². The lowest BCUT2D eigenvalue weighted by Gasteiger charge is -2.25. The highest BCUT2D eigenvalue weighted by molar-refractivity contribution is 7.98. The lowest BCUT2D eigenvalue weighted by molar-refractivity contribution is -0.142. The van der Waals surface area contributed by atoms with Crippen molar-refractivity contribution >= 4 is 41.4 Å². The Balaban J connectivity index is 2.91. The molecule has 1 fully saturated rings. The van der Waals surface area contributed by atoms with Gasteiger partial charge in [0, 0.05) is 6.42 Å². The van der Waals surface area contributed by atoms with Gasteiger partial charge in [-0.3, -0.25) is 19.2 Å². The third-order valence-corrected chi connectivity index (χ3v) is 6.11. The Labute approximate surface area is 203 Å². The van der Waals surface area contributed by atoms with Crippen LogP contribution in [0.5, 0.6) is 0 Å². The van der Waals surface area contributed by atoms with Crippen LogP contribution >= 0.6 is 11.8 Å². The second kappa shape index (κ2) is 16.3. The van der Waals surface area contributed by atoms with E-state index < -0.39 is 53.8 Å². The van der Waals surface area contributed by atoms with Crippen LogP contribution in [-0.2, 0) is 24.0 Å². The monoisotopic (exact) mass is 503 g/mol. The first-order valence-corrected chi connectivity index (χ1v) is 12.9. The molecule has 0 spiro atoms. The van der Waals surface area contributed by atoms with Crippen LogP contribution in [0.25, 0.3) is 0 Å². The van der Waals surface area contributed by atoms with Crippen LogP contribution in [-0.4, -0.2) is 89.1 Å². The van der Waals surface area contributed by atoms with Gasteiger partial charge in [-0.2, -0.15) is 11.8 Å². The summed E-state index contributed by atoms with van der Waals surface area (Å²) < 4.78 is 0. The van der Waals surface area contributed by atoms with E-state index in [9.17, 15) is 29.1 Å². The molecule has 0 aliphatic carbocycles. The summed E-state index contributed by atoms with van der Waals surface area (Å²) in [5.41, 5.74) is 5.52. The maximum absolute atomic E-state index is 13.0. The summed E-state index contributed by atoms with van der Waals surface area (Å²) in [5.74, 6) is -3.53. The maximum atomic E-state index is 13.0. The maximum Gasteiger partial charge on any atom is 0.326 e. The standard InChI is InChI=1S/C21H37N5O7S/c1-34-12-9-16(21(32)33)26-19(30)14(5-2-3-10-22)24-20(31)15(7-8-17(27)28)25-18(29)13-6-4-11-23-13/h13-16,23H,2-12,22H2,1H3,(H,24,31)(H,25,29)(H,26,30)(H,27,28)(H,32,33). The molecule has 4 atom stereocenters. The molecule has 0 aromatic heterocycles. The second-order valence-electron chi connectivity index (χ2n) is 8.17. The first kappa shape index (κ1) is 29.7. The van der Waals surface area contributed by atoms with E-state index in [-0.39, 0.29) is 25.7 Å². The van der Waals surface area contributed by atoms with E-state index in [1.165, 1.54) is 11.8 Å². The van der Waals surface area contributed by atoms with Crippen molar-refractivity contribution in [1.29, 1.82) is 0 Å². The van der Waals surface area contributed by atoms with Crippen LogP contribution in [0, 0.1) is 0 Å². The van der Waals surface area contributed by atoms with Crippen LogP contribution in [0.1, 0.15) is 51.4 Å². The van der Waals surface area contributed by atoms with E-state index >= 15 is 0 Å². The van der Waals surface area contributed by atoms with Crippen LogP contribution in [0.2, 0.25) is 0 Å². The molecule has 0 aromatic rings. The second-order valence-corrected chi connectivity index (χ2v) is 9.15. The van der Waals surface area contributed by atoms with Gasteiger partial charge in [0.05, 0.1) is 6.04 Å². The quantitative estimate of drug-likeness (QED) is 0.121. The summed E-state index contributed by atoms with van der Waals surface area (Å²) in [6, 6.07) is -3.77. The Morgan fingerprint density at radius 2 is 1.62 bits per heavy atom. The third kappa shape index (κ3) is 11.2. The third-order valence-electron chi connectivity index (χ3n) is 5.46. The predicted molar refractivity (Wildman–Crippen MR) is 127 cm³/mol. The number of carbonyl (C=O) groups is 5. The molecule has 1 rings (SSSR count). The first-order chi connectivity index (χ1) is 16.2. The van der Waals surface area contributed by atoms with Crippen molar-refractivity contribution in [3.05, 3.63) is 0 Å². The van der Waals surface area contributed by atoms with Crippen LogP contribution < -0.4 is 27.0 Å². The highest BCUT2D eigenvalue weighted by Crippen LogP contribution is 2.09. The molecule has 0 aromatic carbocycles. The van der Waals surface area contributed by atoms with Gasteiger partial charge in [-0.15, -0.1) is 0 Å². The fourth-order valence-corrected chi connectivity index (χ4v) is 3.99. The SMILES string of the molecule is CSCCC(NC(=O)C(CCCCN)NC(=O)C(CCC(=O)O)NC(=O)C1CCCN1)C(=O)O. The van der Waals surface area contributed by atoms with E-state index in [4.69, 9.17) is 10.8 Å².